The minimum Gasteiger partial charge on any atom is -0.317 e. The van der Waals surface area contributed by atoms with Crippen molar-refractivity contribution in [2.75, 3.05) is 12.4 Å². The van der Waals surface area contributed by atoms with Crippen LogP contribution in [0.3, 0.4) is 0 Å². The largest absolute Gasteiger partial charge is 0.343 e. The van der Waals surface area contributed by atoms with E-state index in [1.807, 2.05) is 55.4 Å². The Kier molecular flexibility index (Phi) is 7.40. The van der Waals surface area contributed by atoms with Gasteiger partial charge in [0.2, 0.25) is 0 Å². The molecule has 0 bridgehead atoms. The van der Waals surface area contributed by atoms with Crippen molar-refractivity contribution in [1.29, 1.82) is 0 Å². The lowest BCUT2D eigenvalue weighted by atomic mass is 9.75. The molecule has 2 saturated heterocycles. The molecule has 178 valence electrons. The van der Waals surface area contributed by atoms with Crippen molar-refractivity contribution in [2.24, 2.45) is 5.29 Å². The van der Waals surface area contributed by atoms with Crippen molar-refractivity contribution < 1.29 is 15.2 Å². The molecule has 9 nitrogen and oxygen atoms in total. The number of halogens is 1. The van der Waals surface area contributed by atoms with Gasteiger partial charge in [-0.3, -0.25) is 0 Å². The van der Waals surface area contributed by atoms with Crippen LogP contribution < -0.4 is 0 Å². The average molecular weight is 460 g/mol. The van der Waals surface area contributed by atoms with Gasteiger partial charge in [0, 0.05) is 40.1 Å². The predicted molar refractivity (Wildman–Crippen MR) is 118 cm³/mol. The number of hydrogen-bond donors (Lipinski definition) is 0. The molecule has 0 aliphatic carbocycles. The summed E-state index contributed by atoms with van der Waals surface area (Å²) in [6.07, 6.45) is 1.82. The SMILES string of the molecule is CC1(C)CC(N(C(=O)N(CCCl)N=O)C2CC(C)(C)N([O])C(C)(C)C2)CC(C)(C)N1[O]. The van der Waals surface area contributed by atoms with Crippen molar-refractivity contribution in [3.05, 3.63) is 4.91 Å². The lowest BCUT2D eigenvalue weighted by Crippen LogP contribution is -2.68. The first-order valence-corrected chi connectivity index (χ1v) is 11.5. The molecule has 0 aromatic carbocycles. The first-order chi connectivity index (χ1) is 14.0. The smallest absolute Gasteiger partial charge is 0.317 e. The van der Waals surface area contributed by atoms with Crippen molar-refractivity contribution in [1.82, 2.24) is 20.0 Å². The van der Waals surface area contributed by atoms with Crippen LogP contribution in [0.1, 0.15) is 81.1 Å². The lowest BCUT2D eigenvalue weighted by molar-refractivity contribution is -0.303. The number of alkyl halides is 1. The van der Waals surface area contributed by atoms with Crippen LogP contribution in [0.15, 0.2) is 5.29 Å². The molecule has 0 saturated carbocycles. The zero-order valence-electron chi connectivity index (χ0n) is 20.1. The number of rotatable bonds is 5. The third-order valence-corrected chi connectivity index (χ3v) is 6.93. The van der Waals surface area contributed by atoms with E-state index in [2.05, 4.69) is 5.29 Å². The Labute approximate surface area is 191 Å². The van der Waals surface area contributed by atoms with Crippen LogP contribution in [0.2, 0.25) is 0 Å². The summed E-state index contributed by atoms with van der Waals surface area (Å²) >= 11 is 5.81. The minimum atomic E-state index is -0.693. The van der Waals surface area contributed by atoms with Gasteiger partial charge in [-0.25, -0.2) is 4.79 Å². The van der Waals surface area contributed by atoms with Crippen LogP contribution in [-0.2, 0) is 10.4 Å². The van der Waals surface area contributed by atoms with E-state index in [9.17, 15) is 20.1 Å². The second kappa shape index (κ2) is 8.74. The zero-order valence-corrected chi connectivity index (χ0v) is 20.9. The summed E-state index contributed by atoms with van der Waals surface area (Å²) in [5, 5.41) is 31.8. The van der Waals surface area contributed by atoms with E-state index >= 15 is 0 Å². The average Bonchev–Trinajstić information content (AvgIpc) is 2.61. The van der Waals surface area contributed by atoms with Gasteiger partial charge in [-0.15, -0.1) is 37.0 Å². The molecule has 2 aliphatic rings. The molecule has 2 fully saturated rings. The number of urea groups is 1. The number of carbonyl (C=O) groups is 1. The highest BCUT2D eigenvalue weighted by molar-refractivity contribution is 6.18. The molecule has 2 amide bonds. The minimum absolute atomic E-state index is 0.000755. The van der Waals surface area contributed by atoms with Gasteiger partial charge >= 0.3 is 6.03 Å². The fourth-order valence-corrected chi connectivity index (χ4v) is 5.97. The van der Waals surface area contributed by atoms with Crippen LogP contribution in [0.25, 0.3) is 0 Å². The van der Waals surface area contributed by atoms with Crippen LogP contribution in [0, 0.1) is 4.91 Å². The molecule has 0 aromatic rings. The third-order valence-electron chi connectivity index (χ3n) is 6.76. The maximum absolute atomic E-state index is 13.6. The summed E-state index contributed by atoms with van der Waals surface area (Å²) in [4.78, 5) is 26.8. The normalized spacial score (nSPS) is 26.4. The topological polar surface area (TPSA) is 99.3 Å². The molecule has 2 radical (unpaired) electrons. The molecule has 0 spiro atoms. The Bertz CT molecular complexity index is 607. The number of hydrogen-bond acceptors (Lipinski definition) is 5. The molecular weight excluding hydrogens is 422 g/mol. The summed E-state index contributed by atoms with van der Waals surface area (Å²) in [6.45, 7) is 15.0. The van der Waals surface area contributed by atoms with Crippen molar-refractivity contribution in [2.45, 2.75) is 115 Å². The Balaban J connectivity index is 2.52. The maximum Gasteiger partial charge on any atom is 0.343 e. The van der Waals surface area contributed by atoms with E-state index in [1.165, 1.54) is 0 Å². The quantitative estimate of drug-likeness (QED) is 0.346. The number of amides is 2. The van der Waals surface area contributed by atoms with E-state index in [-0.39, 0.29) is 24.5 Å². The number of hydroxylamine groups is 4. The van der Waals surface area contributed by atoms with E-state index < -0.39 is 28.2 Å². The highest BCUT2D eigenvalue weighted by atomic mass is 35.5. The molecular formula is C21H38ClN5O4. The summed E-state index contributed by atoms with van der Waals surface area (Å²) in [7, 11) is 0. The molecule has 2 aliphatic heterocycles. The van der Waals surface area contributed by atoms with Crippen LogP contribution in [-0.4, -0.2) is 72.7 Å². The third kappa shape index (κ3) is 5.16. The second-order valence-corrected chi connectivity index (χ2v) is 11.9. The standard InChI is InChI=1S/C21H38ClN5O4/c1-18(2)11-15(12-19(3,4)26(18)30)25(17(28)24(23-29)10-9-22)16-13-20(5,6)27(31)21(7,8)14-16/h15-16H,9-14H2,1-8H3. The number of nitroso groups, excluding NO2 is 1. The van der Waals surface area contributed by atoms with Crippen molar-refractivity contribution >= 4 is 17.6 Å². The summed E-state index contributed by atoms with van der Waals surface area (Å²) in [6, 6.07) is -1.07. The highest BCUT2D eigenvalue weighted by Crippen LogP contribution is 2.44. The van der Waals surface area contributed by atoms with Gasteiger partial charge in [0.1, 0.15) is 0 Å². The lowest BCUT2D eigenvalue weighted by Gasteiger charge is -2.57. The first-order valence-electron chi connectivity index (χ1n) is 10.9. The van der Waals surface area contributed by atoms with Crippen LogP contribution in [0.5, 0.6) is 0 Å². The highest BCUT2D eigenvalue weighted by Gasteiger charge is 2.54. The van der Waals surface area contributed by atoms with E-state index in [1.54, 1.807) is 4.90 Å². The predicted octanol–water partition coefficient (Wildman–Crippen LogP) is 4.36. The van der Waals surface area contributed by atoms with Gasteiger partial charge in [0.15, 0.2) is 0 Å². The number of carbonyl (C=O) groups excluding carboxylic acids is 1. The van der Waals surface area contributed by atoms with Gasteiger partial charge in [0.25, 0.3) is 0 Å². The van der Waals surface area contributed by atoms with Crippen LogP contribution in [0.4, 0.5) is 4.79 Å². The Morgan fingerprint density at radius 2 is 1.16 bits per heavy atom. The monoisotopic (exact) mass is 459 g/mol. The molecule has 0 atom stereocenters. The second-order valence-electron chi connectivity index (χ2n) is 11.5. The summed E-state index contributed by atoms with van der Waals surface area (Å²) < 4.78 is 0. The zero-order chi connectivity index (χ0) is 24.0. The molecule has 2 rings (SSSR count). The Morgan fingerprint density at radius 3 is 1.42 bits per heavy atom. The molecule has 10 heteroatoms. The molecule has 2 heterocycles. The first kappa shape index (κ1) is 26.3. The fourth-order valence-electron chi connectivity index (χ4n) is 5.81. The molecule has 0 aromatic heterocycles. The maximum atomic E-state index is 13.6. The van der Waals surface area contributed by atoms with Gasteiger partial charge in [-0.05, 0) is 81.1 Å². The summed E-state index contributed by atoms with van der Waals surface area (Å²) in [5.41, 5.74) is -2.77. The summed E-state index contributed by atoms with van der Waals surface area (Å²) in [5.74, 6) is 0.0807. The van der Waals surface area contributed by atoms with Crippen molar-refractivity contribution in [3.63, 3.8) is 0 Å². The van der Waals surface area contributed by atoms with Crippen LogP contribution >= 0.6 is 11.6 Å². The van der Waals surface area contributed by atoms with Crippen molar-refractivity contribution in [3.8, 4) is 0 Å². The van der Waals surface area contributed by atoms with Gasteiger partial charge in [0.05, 0.1) is 11.8 Å². The molecule has 0 N–H and O–H groups in total. The number of nitrogens with zero attached hydrogens (tertiary/aromatic N) is 5. The van der Waals surface area contributed by atoms with Gasteiger partial charge < -0.3 is 4.90 Å². The van der Waals surface area contributed by atoms with Gasteiger partial charge in [-0.1, -0.05) is 0 Å². The van der Waals surface area contributed by atoms with Gasteiger partial charge in [-0.2, -0.15) is 5.01 Å². The Morgan fingerprint density at radius 1 is 0.839 bits per heavy atom. The molecule has 31 heavy (non-hydrogen) atoms. The number of piperidine rings is 2. The van der Waals surface area contributed by atoms with E-state index in [0.717, 1.165) is 15.1 Å². The Hall–Kier alpha value is -1.00. The fraction of sp³-hybridized carbons (Fsp3) is 0.952. The van der Waals surface area contributed by atoms with E-state index in [0.29, 0.717) is 25.7 Å². The van der Waals surface area contributed by atoms with E-state index in [4.69, 9.17) is 11.6 Å². The molecule has 0 unspecified atom stereocenters.